The maximum Gasteiger partial charge on any atom is 0.0535 e. The summed E-state index contributed by atoms with van der Waals surface area (Å²) in [5, 5.41) is 0. The molecular weight excluding hydrogens is 164 g/mol. The second-order valence-electron chi connectivity index (χ2n) is 3.18. The first-order chi connectivity index (χ1) is 5.33. The number of hydrogen-bond donors (Lipinski definition) is 0. The van der Waals surface area contributed by atoms with Crippen molar-refractivity contribution in [2.24, 2.45) is 5.41 Å². The Morgan fingerprint density at radius 1 is 1.64 bits per heavy atom. The lowest BCUT2D eigenvalue weighted by Gasteiger charge is -2.23. The lowest BCUT2D eigenvalue weighted by Crippen LogP contribution is -2.24. The van der Waals surface area contributed by atoms with E-state index in [9.17, 15) is 0 Å². The SMILES string of the molecule is COCCC1(CCl)CCOC1. The molecule has 0 aromatic carbocycles. The molecule has 0 aromatic rings. The standard InChI is InChI=1S/C8H15ClO2/c1-10-4-2-8(6-9)3-5-11-7-8/h2-7H2,1H3. The van der Waals surface area contributed by atoms with Crippen LogP contribution in [0.2, 0.25) is 0 Å². The van der Waals surface area contributed by atoms with Crippen molar-refractivity contribution in [3.8, 4) is 0 Å². The summed E-state index contributed by atoms with van der Waals surface area (Å²) in [4.78, 5) is 0. The highest BCUT2D eigenvalue weighted by Crippen LogP contribution is 2.33. The van der Waals surface area contributed by atoms with E-state index in [0.717, 1.165) is 32.7 Å². The Bertz CT molecular complexity index is 111. The predicted octanol–water partition coefficient (Wildman–Crippen LogP) is 1.67. The molecule has 1 aliphatic heterocycles. The Labute approximate surface area is 72.8 Å². The van der Waals surface area contributed by atoms with Gasteiger partial charge < -0.3 is 9.47 Å². The molecule has 0 N–H and O–H groups in total. The monoisotopic (exact) mass is 178 g/mol. The first kappa shape index (κ1) is 9.30. The minimum Gasteiger partial charge on any atom is -0.385 e. The van der Waals surface area contributed by atoms with Gasteiger partial charge in [0.15, 0.2) is 0 Å². The van der Waals surface area contributed by atoms with Crippen LogP contribution in [0.4, 0.5) is 0 Å². The lowest BCUT2D eigenvalue weighted by molar-refractivity contribution is 0.119. The average Bonchev–Trinajstić information content (AvgIpc) is 2.50. The molecule has 1 saturated heterocycles. The number of methoxy groups -OCH3 is 1. The van der Waals surface area contributed by atoms with Crippen molar-refractivity contribution in [1.29, 1.82) is 0 Å². The van der Waals surface area contributed by atoms with Gasteiger partial charge in [0.2, 0.25) is 0 Å². The number of hydrogen-bond acceptors (Lipinski definition) is 2. The van der Waals surface area contributed by atoms with Crippen LogP contribution < -0.4 is 0 Å². The van der Waals surface area contributed by atoms with Gasteiger partial charge in [0.1, 0.15) is 0 Å². The number of ether oxygens (including phenoxy) is 2. The van der Waals surface area contributed by atoms with Gasteiger partial charge in [-0.25, -0.2) is 0 Å². The van der Waals surface area contributed by atoms with Crippen molar-refractivity contribution >= 4 is 11.6 Å². The van der Waals surface area contributed by atoms with Crippen LogP contribution in [-0.2, 0) is 9.47 Å². The summed E-state index contributed by atoms with van der Waals surface area (Å²) in [6, 6.07) is 0. The van der Waals surface area contributed by atoms with E-state index in [1.165, 1.54) is 0 Å². The highest BCUT2D eigenvalue weighted by atomic mass is 35.5. The van der Waals surface area contributed by atoms with Gasteiger partial charge in [-0.1, -0.05) is 0 Å². The fourth-order valence-corrected chi connectivity index (χ4v) is 1.68. The van der Waals surface area contributed by atoms with Gasteiger partial charge in [-0.05, 0) is 12.8 Å². The van der Waals surface area contributed by atoms with Crippen molar-refractivity contribution in [3.05, 3.63) is 0 Å². The summed E-state index contributed by atoms with van der Waals surface area (Å²) in [5.74, 6) is 0.691. The molecule has 1 rings (SSSR count). The molecule has 0 aromatic heterocycles. The van der Waals surface area contributed by atoms with Crippen molar-refractivity contribution < 1.29 is 9.47 Å². The van der Waals surface area contributed by atoms with Crippen molar-refractivity contribution in [2.75, 3.05) is 32.8 Å². The van der Waals surface area contributed by atoms with Gasteiger partial charge in [0.05, 0.1) is 6.61 Å². The third kappa shape index (κ3) is 2.32. The summed E-state index contributed by atoms with van der Waals surface area (Å²) >= 11 is 5.86. The molecule has 66 valence electrons. The molecule has 2 nitrogen and oxygen atoms in total. The first-order valence-corrected chi connectivity index (χ1v) is 4.49. The van der Waals surface area contributed by atoms with E-state index in [1.54, 1.807) is 7.11 Å². The molecule has 1 atom stereocenters. The molecule has 0 radical (unpaired) electrons. The Balaban J connectivity index is 2.33. The van der Waals surface area contributed by atoms with Gasteiger partial charge in [0, 0.05) is 31.6 Å². The van der Waals surface area contributed by atoms with E-state index in [4.69, 9.17) is 21.1 Å². The predicted molar refractivity (Wildman–Crippen MR) is 45.1 cm³/mol. The van der Waals surface area contributed by atoms with E-state index in [2.05, 4.69) is 0 Å². The van der Waals surface area contributed by atoms with Crippen LogP contribution in [0.3, 0.4) is 0 Å². The topological polar surface area (TPSA) is 18.5 Å². The minimum atomic E-state index is 0.206. The van der Waals surface area contributed by atoms with Crippen LogP contribution in [-0.4, -0.2) is 32.8 Å². The lowest BCUT2D eigenvalue weighted by atomic mass is 9.86. The number of alkyl halides is 1. The van der Waals surface area contributed by atoms with Crippen LogP contribution in [0.5, 0.6) is 0 Å². The molecule has 1 unspecified atom stereocenters. The van der Waals surface area contributed by atoms with Gasteiger partial charge in [-0.2, -0.15) is 0 Å². The van der Waals surface area contributed by atoms with E-state index in [-0.39, 0.29) is 5.41 Å². The Morgan fingerprint density at radius 3 is 2.91 bits per heavy atom. The molecule has 0 aliphatic carbocycles. The van der Waals surface area contributed by atoms with E-state index in [1.807, 2.05) is 0 Å². The summed E-state index contributed by atoms with van der Waals surface area (Å²) in [7, 11) is 1.72. The minimum absolute atomic E-state index is 0.206. The molecule has 3 heteroatoms. The van der Waals surface area contributed by atoms with E-state index >= 15 is 0 Å². The average molecular weight is 179 g/mol. The van der Waals surface area contributed by atoms with Crippen molar-refractivity contribution in [1.82, 2.24) is 0 Å². The zero-order valence-corrected chi connectivity index (χ0v) is 7.69. The van der Waals surface area contributed by atoms with Gasteiger partial charge in [0.25, 0.3) is 0 Å². The summed E-state index contributed by atoms with van der Waals surface area (Å²) in [5.41, 5.74) is 0.206. The van der Waals surface area contributed by atoms with Crippen LogP contribution in [0, 0.1) is 5.41 Å². The molecule has 0 bridgehead atoms. The zero-order chi connectivity index (χ0) is 8.16. The van der Waals surface area contributed by atoms with Gasteiger partial charge in [-0.15, -0.1) is 11.6 Å². The molecular formula is C8H15ClO2. The zero-order valence-electron chi connectivity index (χ0n) is 6.94. The molecule has 1 aliphatic rings. The quantitative estimate of drug-likeness (QED) is 0.610. The second-order valence-corrected chi connectivity index (χ2v) is 3.45. The van der Waals surface area contributed by atoms with Crippen molar-refractivity contribution in [2.45, 2.75) is 12.8 Å². The first-order valence-electron chi connectivity index (χ1n) is 3.96. The molecule has 1 fully saturated rings. The van der Waals surface area contributed by atoms with Gasteiger partial charge in [-0.3, -0.25) is 0 Å². The highest BCUT2D eigenvalue weighted by Gasteiger charge is 2.33. The summed E-state index contributed by atoms with van der Waals surface area (Å²) in [6.45, 7) is 2.45. The van der Waals surface area contributed by atoms with Crippen LogP contribution in [0.25, 0.3) is 0 Å². The normalized spacial score (nSPS) is 31.1. The summed E-state index contributed by atoms with van der Waals surface area (Å²) < 4.78 is 10.3. The maximum atomic E-state index is 5.86. The number of rotatable bonds is 4. The molecule has 11 heavy (non-hydrogen) atoms. The molecule has 1 heterocycles. The maximum absolute atomic E-state index is 5.86. The molecule has 0 spiro atoms. The third-order valence-electron chi connectivity index (χ3n) is 2.30. The molecule has 0 amide bonds. The Hall–Kier alpha value is 0.210. The molecule has 0 saturated carbocycles. The van der Waals surface area contributed by atoms with E-state index in [0.29, 0.717) is 5.88 Å². The van der Waals surface area contributed by atoms with Crippen LogP contribution in [0.1, 0.15) is 12.8 Å². The van der Waals surface area contributed by atoms with Crippen LogP contribution in [0.15, 0.2) is 0 Å². The smallest absolute Gasteiger partial charge is 0.0535 e. The fourth-order valence-electron chi connectivity index (χ4n) is 1.34. The van der Waals surface area contributed by atoms with E-state index < -0.39 is 0 Å². The van der Waals surface area contributed by atoms with Crippen molar-refractivity contribution in [3.63, 3.8) is 0 Å². The highest BCUT2D eigenvalue weighted by molar-refractivity contribution is 6.18. The van der Waals surface area contributed by atoms with Gasteiger partial charge >= 0.3 is 0 Å². The largest absolute Gasteiger partial charge is 0.385 e. The fraction of sp³-hybridized carbons (Fsp3) is 1.00. The third-order valence-corrected chi connectivity index (χ3v) is 2.87. The van der Waals surface area contributed by atoms with Crippen LogP contribution >= 0.6 is 11.6 Å². The Morgan fingerprint density at radius 2 is 2.45 bits per heavy atom. The Kier molecular flexibility index (Phi) is 3.63. The number of halogens is 1. The summed E-state index contributed by atoms with van der Waals surface area (Å²) in [6.07, 6.45) is 2.10. The second kappa shape index (κ2) is 4.29.